The zero-order chi connectivity index (χ0) is 12.3. The van der Waals surface area contributed by atoms with E-state index in [1.807, 2.05) is 0 Å². The third kappa shape index (κ3) is 3.22. The van der Waals surface area contributed by atoms with Gasteiger partial charge in [-0.1, -0.05) is 17.7 Å². The molecule has 0 unspecified atom stereocenters. The predicted octanol–water partition coefficient (Wildman–Crippen LogP) is 3.85. The largest absolute Gasteiger partial charge is 0.416 e. The number of carbonyl (C=O) groups excluding carboxylic acids is 1. The maximum Gasteiger partial charge on any atom is 0.416 e. The summed E-state index contributed by atoms with van der Waals surface area (Å²) in [4.78, 5) is 11.5. The summed E-state index contributed by atoms with van der Waals surface area (Å²) in [6, 6.07) is 4.41. The van der Waals surface area contributed by atoms with E-state index in [1.165, 1.54) is 18.2 Å². The van der Waals surface area contributed by atoms with Gasteiger partial charge in [0.2, 0.25) is 0 Å². The number of allylic oxidation sites excluding steroid dienone is 2. The van der Waals surface area contributed by atoms with Crippen LogP contribution in [0.25, 0.3) is 0 Å². The lowest BCUT2D eigenvalue weighted by atomic mass is 10.1. The number of benzene rings is 1. The number of hydrogen-bond acceptors (Lipinski definition) is 1. The molecule has 0 fully saturated rings. The zero-order valence-corrected chi connectivity index (χ0v) is 8.93. The lowest BCUT2D eigenvalue weighted by Crippen LogP contribution is -2.06. The Morgan fingerprint density at radius 2 is 1.88 bits per heavy atom. The summed E-state index contributed by atoms with van der Waals surface area (Å²) >= 11 is 0. The lowest BCUT2D eigenvalue weighted by molar-refractivity contribution is -0.137. The maximum atomic E-state index is 12.4. The number of ketones is 1. The van der Waals surface area contributed by atoms with Gasteiger partial charge < -0.3 is 0 Å². The molecule has 0 atom stereocenters. The monoisotopic (exact) mass is 228 g/mol. The Labute approximate surface area is 91.6 Å². The van der Waals surface area contributed by atoms with E-state index in [2.05, 4.69) is 0 Å². The van der Waals surface area contributed by atoms with Gasteiger partial charge in [0.15, 0.2) is 5.78 Å². The van der Waals surface area contributed by atoms with Gasteiger partial charge in [-0.05, 0) is 32.1 Å². The fraction of sp³-hybridized carbons (Fsp3) is 0.250. The lowest BCUT2D eigenvalue weighted by Gasteiger charge is -2.07. The summed E-state index contributed by atoms with van der Waals surface area (Å²) in [5.41, 5.74) is -0.000979. The molecule has 0 aliphatic rings. The summed E-state index contributed by atoms with van der Waals surface area (Å²) in [7, 11) is 0. The number of hydrogen-bond donors (Lipinski definition) is 0. The minimum atomic E-state index is -4.42. The Balaban J connectivity index is 3.09. The molecule has 0 amide bonds. The van der Waals surface area contributed by atoms with Crippen molar-refractivity contribution in [3.63, 3.8) is 0 Å². The van der Waals surface area contributed by atoms with Crippen LogP contribution in [0.5, 0.6) is 0 Å². The highest BCUT2D eigenvalue weighted by atomic mass is 19.4. The van der Waals surface area contributed by atoms with Gasteiger partial charge in [-0.15, -0.1) is 0 Å². The fourth-order valence-electron chi connectivity index (χ4n) is 1.19. The van der Waals surface area contributed by atoms with E-state index in [0.717, 1.165) is 17.7 Å². The van der Waals surface area contributed by atoms with Crippen molar-refractivity contribution in [1.29, 1.82) is 0 Å². The van der Waals surface area contributed by atoms with E-state index in [-0.39, 0.29) is 5.56 Å². The van der Waals surface area contributed by atoms with Crippen LogP contribution in [0.15, 0.2) is 35.9 Å². The van der Waals surface area contributed by atoms with Crippen LogP contribution in [0.2, 0.25) is 0 Å². The van der Waals surface area contributed by atoms with E-state index in [0.29, 0.717) is 0 Å². The standard InChI is InChI=1S/C12H11F3O/c1-8(2)6-11(16)9-4-3-5-10(7-9)12(13,14)15/h3-7H,1-2H3. The number of carbonyl (C=O) groups is 1. The predicted molar refractivity (Wildman–Crippen MR) is 55.2 cm³/mol. The quantitative estimate of drug-likeness (QED) is 0.555. The second-order valence-corrected chi connectivity index (χ2v) is 3.66. The highest BCUT2D eigenvalue weighted by Gasteiger charge is 2.30. The molecule has 1 aromatic carbocycles. The van der Waals surface area contributed by atoms with Gasteiger partial charge in [-0.25, -0.2) is 0 Å². The highest BCUT2D eigenvalue weighted by Crippen LogP contribution is 2.29. The van der Waals surface area contributed by atoms with Gasteiger partial charge in [0, 0.05) is 5.56 Å². The van der Waals surface area contributed by atoms with E-state index < -0.39 is 17.5 Å². The van der Waals surface area contributed by atoms with Crippen molar-refractivity contribution in [2.45, 2.75) is 20.0 Å². The summed E-state index contributed by atoms with van der Waals surface area (Å²) < 4.78 is 37.1. The Morgan fingerprint density at radius 1 is 1.25 bits per heavy atom. The summed E-state index contributed by atoms with van der Waals surface area (Å²) in [5, 5.41) is 0. The molecule has 0 radical (unpaired) electrons. The molecule has 1 rings (SSSR count). The molecule has 16 heavy (non-hydrogen) atoms. The van der Waals surface area contributed by atoms with Crippen LogP contribution < -0.4 is 0 Å². The first kappa shape index (κ1) is 12.5. The van der Waals surface area contributed by atoms with Crippen LogP contribution in [0.1, 0.15) is 29.8 Å². The van der Waals surface area contributed by atoms with Crippen molar-refractivity contribution >= 4 is 5.78 Å². The van der Waals surface area contributed by atoms with Crippen LogP contribution in [0, 0.1) is 0 Å². The minimum absolute atomic E-state index is 0.0519. The van der Waals surface area contributed by atoms with Crippen LogP contribution in [-0.2, 0) is 6.18 Å². The van der Waals surface area contributed by atoms with Crippen LogP contribution in [-0.4, -0.2) is 5.78 Å². The Morgan fingerprint density at radius 3 is 2.38 bits per heavy atom. The van der Waals surface area contributed by atoms with Crippen molar-refractivity contribution in [3.8, 4) is 0 Å². The van der Waals surface area contributed by atoms with Gasteiger partial charge in [-0.3, -0.25) is 4.79 Å². The number of alkyl halides is 3. The molecule has 0 aliphatic heterocycles. The van der Waals surface area contributed by atoms with Crippen molar-refractivity contribution < 1.29 is 18.0 Å². The molecule has 86 valence electrons. The number of halogens is 3. The molecule has 0 N–H and O–H groups in total. The van der Waals surface area contributed by atoms with E-state index in [1.54, 1.807) is 13.8 Å². The Hall–Kier alpha value is -1.58. The van der Waals surface area contributed by atoms with E-state index in [4.69, 9.17) is 0 Å². The normalized spacial score (nSPS) is 11.1. The maximum absolute atomic E-state index is 12.4. The summed E-state index contributed by atoms with van der Waals surface area (Å²) in [6.07, 6.45) is -3.10. The summed E-state index contributed by atoms with van der Waals surface area (Å²) in [6.45, 7) is 3.43. The van der Waals surface area contributed by atoms with Gasteiger partial charge in [0.25, 0.3) is 0 Å². The molecular weight excluding hydrogens is 217 g/mol. The SMILES string of the molecule is CC(C)=CC(=O)c1cccc(C(F)(F)F)c1. The summed E-state index contributed by atoms with van der Waals surface area (Å²) in [5.74, 6) is -0.411. The van der Waals surface area contributed by atoms with Crippen molar-refractivity contribution in [1.82, 2.24) is 0 Å². The van der Waals surface area contributed by atoms with Gasteiger partial charge >= 0.3 is 6.18 Å². The molecule has 4 heteroatoms. The van der Waals surface area contributed by atoms with Gasteiger partial charge in [-0.2, -0.15) is 13.2 Å². The molecule has 0 heterocycles. The molecule has 0 saturated heterocycles. The fourth-order valence-corrected chi connectivity index (χ4v) is 1.19. The third-order valence-corrected chi connectivity index (χ3v) is 1.89. The molecule has 0 aromatic heterocycles. The van der Waals surface area contributed by atoms with E-state index in [9.17, 15) is 18.0 Å². The smallest absolute Gasteiger partial charge is 0.289 e. The van der Waals surface area contributed by atoms with Gasteiger partial charge in [0.1, 0.15) is 0 Å². The van der Waals surface area contributed by atoms with Crippen molar-refractivity contribution in [3.05, 3.63) is 47.0 Å². The average Bonchev–Trinajstić information content (AvgIpc) is 2.15. The second kappa shape index (κ2) is 4.51. The molecule has 1 aromatic rings. The molecule has 0 aliphatic carbocycles. The first-order valence-corrected chi connectivity index (χ1v) is 4.67. The van der Waals surface area contributed by atoms with Crippen molar-refractivity contribution in [2.75, 3.05) is 0 Å². The molecule has 1 nitrogen and oxygen atoms in total. The minimum Gasteiger partial charge on any atom is -0.289 e. The first-order valence-electron chi connectivity index (χ1n) is 4.67. The highest BCUT2D eigenvalue weighted by molar-refractivity contribution is 6.04. The second-order valence-electron chi connectivity index (χ2n) is 3.66. The molecule has 0 spiro atoms. The van der Waals surface area contributed by atoms with Crippen LogP contribution in [0.4, 0.5) is 13.2 Å². The van der Waals surface area contributed by atoms with Crippen LogP contribution >= 0.6 is 0 Å². The Kier molecular flexibility index (Phi) is 3.52. The number of rotatable bonds is 2. The zero-order valence-electron chi connectivity index (χ0n) is 8.93. The van der Waals surface area contributed by atoms with Crippen molar-refractivity contribution in [2.24, 2.45) is 0 Å². The van der Waals surface area contributed by atoms with E-state index >= 15 is 0 Å². The topological polar surface area (TPSA) is 17.1 Å². The first-order chi connectivity index (χ1) is 7.30. The third-order valence-electron chi connectivity index (χ3n) is 1.89. The average molecular weight is 228 g/mol. The van der Waals surface area contributed by atoms with Gasteiger partial charge in [0.05, 0.1) is 5.56 Å². The molecule has 0 saturated carbocycles. The van der Waals surface area contributed by atoms with Crippen LogP contribution in [0.3, 0.4) is 0 Å². The molecule has 0 bridgehead atoms. The Bertz CT molecular complexity index is 426. The molecular formula is C12H11F3O.